The van der Waals surface area contributed by atoms with E-state index in [1.54, 1.807) is 0 Å². The second kappa shape index (κ2) is 16.6. The molecule has 1 nitrogen and oxygen atoms in total. The molecule has 1 aliphatic carbocycles. The van der Waals surface area contributed by atoms with Crippen molar-refractivity contribution >= 4 is 27.8 Å². The second-order valence-electron chi connectivity index (χ2n) is 17.2. The number of nitrogens with zero attached hydrogens (tertiary/aromatic N) is 1. The first-order valence-corrected chi connectivity index (χ1v) is 22.8. The van der Waals surface area contributed by atoms with Crippen molar-refractivity contribution in [2.24, 2.45) is 0 Å². The van der Waals surface area contributed by atoms with Crippen LogP contribution in [0.3, 0.4) is 0 Å². The summed E-state index contributed by atoms with van der Waals surface area (Å²) in [6.07, 6.45) is 0. The van der Waals surface area contributed by atoms with Gasteiger partial charge >= 0.3 is 0 Å². The van der Waals surface area contributed by atoms with Gasteiger partial charge < -0.3 is 4.90 Å². The van der Waals surface area contributed by atoms with E-state index in [9.17, 15) is 0 Å². The normalized spacial score (nSPS) is 12.4. The highest BCUT2D eigenvalue weighted by molar-refractivity contribution is 5.98. The van der Waals surface area contributed by atoms with Crippen LogP contribution in [0, 0.1) is 0 Å². The summed E-state index contributed by atoms with van der Waals surface area (Å²) in [6.45, 7) is 0. The molecule has 66 heavy (non-hydrogen) atoms. The lowest BCUT2D eigenvalue weighted by molar-refractivity contribution is 0.768. The second-order valence-corrected chi connectivity index (χ2v) is 17.2. The number of hydrogen-bond donors (Lipinski definition) is 0. The first-order valence-electron chi connectivity index (χ1n) is 22.8. The third kappa shape index (κ3) is 6.64. The van der Waals surface area contributed by atoms with Gasteiger partial charge in [-0.3, -0.25) is 0 Å². The van der Waals surface area contributed by atoms with E-state index in [1.165, 1.54) is 88.7 Å². The summed E-state index contributed by atoms with van der Waals surface area (Å²) in [6, 6.07) is 99.9. The molecule has 0 radical (unpaired) electrons. The van der Waals surface area contributed by atoms with Gasteiger partial charge in [-0.25, -0.2) is 0 Å². The van der Waals surface area contributed by atoms with E-state index < -0.39 is 5.41 Å². The zero-order valence-electron chi connectivity index (χ0n) is 36.4. The molecule has 11 aromatic rings. The van der Waals surface area contributed by atoms with E-state index in [4.69, 9.17) is 0 Å². The van der Waals surface area contributed by atoms with Crippen molar-refractivity contribution in [3.63, 3.8) is 0 Å². The lowest BCUT2D eigenvalue weighted by Crippen LogP contribution is -2.28. The SMILES string of the molecule is c1ccc(-c2ccc(-c3cccc(N(c4ccc(-c5cccc6c5-c5ccccc5C6(c5ccccc5)c5ccccc5)cc4)c4ccc(-c5cccc6ccccc56)cc4)c3)cc2)cc1. The average Bonchev–Trinajstić information content (AvgIpc) is 3.71. The first-order chi connectivity index (χ1) is 32.7. The molecule has 0 bridgehead atoms. The van der Waals surface area contributed by atoms with Gasteiger partial charge in [0, 0.05) is 17.1 Å². The van der Waals surface area contributed by atoms with Crippen LogP contribution < -0.4 is 4.90 Å². The summed E-state index contributed by atoms with van der Waals surface area (Å²) in [5, 5.41) is 2.50. The van der Waals surface area contributed by atoms with Crippen LogP contribution in [-0.2, 0) is 5.41 Å². The first kappa shape index (κ1) is 39.1. The predicted molar refractivity (Wildman–Crippen MR) is 278 cm³/mol. The predicted octanol–water partition coefficient (Wildman–Crippen LogP) is 17.3. The van der Waals surface area contributed by atoms with Crippen molar-refractivity contribution in [3.8, 4) is 55.6 Å². The van der Waals surface area contributed by atoms with Crippen LogP contribution in [0.1, 0.15) is 22.3 Å². The Bertz CT molecular complexity index is 3440. The number of hydrogen-bond acceptors (Lipinski definition) is 1. The quantitative estimate of drug-likeness (QED) is 0.140. The molecule has 0 N–H and O–H groups in total. The average molecular weight is 840 g/mol. The van der Waals surface area contributed by atoms with Gasteiger partial charge in [0.1, 0.15) is 0 Å². The zero-order valence-corrected chi connectivity index (χ0v) is 36.4. The topological polar surface area (TPSA) is 3.24 Å². The van der Waals surface area contributed by atoms with Crippen molar-refractivity contribution < 1.29 is 0 Å². The molecule has 1 aliphatic rings. The van der Waals surface area contributed by atoms with Crippen LogP contribution in [-0.4, -0.2) is 0 Å². The maximum atomic E-state index is 2.39. The Balaban J connectivity index is 0.972. The van der Waals surface area contributed by atoms with Crippen molar-refractivity contribution in [3.05, 3.63) is 295 Å². The molecule has 310 valence electrons. The Labute approximate surface area is 387 Å². The van der Waals surface area contributed by atoms with Gasteiger partial charge in [0.15, 0.2) is 0 Å². The molecular weight excluding hydrogens is 795 g/mol. The Kier molecular flexibility index (Phi) is 9.81. The Morgan fingerprint density at radius 2 is 0.697 bits per heavy atom. The highest BCUT2D eigenvalue weighted by Gasteiger charge is 2.46. The van der Waals surface area contributed by atoms with E-state index in [1.807, 2.05) is 0 Å². The molecule has 0 heterocycles. The van der Waals surface area contributed by atoms with Crippen LogP contribution in [0.25, 0.3) is 66.4 Å². The van der Waals surface area contributed by atoms with Crippen molar-refractivity contribution in [2.75, 3.05) is 4.90 Å². The molecule has 0 unspecified atom stereocenters. The van der Waals surface area contributed by atoms with E-state index in [-0.39, 0.29) is 0 Å². The standard InChI is InChI=1S/C65H45N/c1-4-17-46(18-5-1)47-33-35-48(36-34-47)52-21-14-26-57(45-52)66(55-41-37-50(38-42-55)59-29-15-20-49-19-10-11-27-58(49)59)56-43-39-51(40-44-56)60-30-16-32-63-64(60)61-28-12-13-31-62(61)65(63,53-22-6-2-7-23-53)54-24-8-3-9-25-54/h1-45H. The van der Waals surface area contributed by atoms with Gasteiger partial charge in [-0.05, 0) is 125 Å². The molecule has 0 atom stereocenters. The van der Waals surface area contributed by atoms with Crippen molar-refractivity contribution in [1.29, 1.82) is 0 Å². The Morgan fingerprint density at radius 3 is 1.38 bits per heavy atom. The summed E-state index contributed by atoms with van der Waals surface area (Å²) in [5.74, 6) is 0. The monoisotopic (exact) mass is 839 g/mol. The summed E-state index contributed by atoms with van der Waals surface area (Å²) in [7, 11) is 0. The van der Waals surface area contributed by atoms with E-state index in [0.717, 1.165) is 17.1 Å². The minimum Gasteiger partial charge on any atom is -0.310 e. The fourth-order valence-electron chi connectivity index (χ4n) is 10.5. The minimum absolute atomic E-state index is 0.452. The fourth-order valence-corrected chi connectivity index (χ4v) is 10.5. The molecule has 0 spiro atoms. The molecular formula is C65H45N. The van der Waals surface area contributed by atoms with Crippen molar-refractivity contribution in [2.45, 2.75) is 5.41 Å². The number of rotatable bonds is 9. The van der Waals surface area contributed by atoms with Crippen LogP contribution >= 0.6 is 0 Å². The molecule has 0 aromatic heterocycles. The largest absolute Gasteiger partial charge is 0.310 e. The van der Waals surface area contributed by atoms with E-state index >= 15 is 0 Å². The van der Waals surface area contributed by atoms with Gasteiger partial charge in [-0.1, -0.05) is 237 Å². The van der Waals surface area contributed by atoms with Gasteiger partial charge in [-0.15, -0.1) is 0 Å². The third-order valence-electron chi connectivity index (χ3n) is 13.6. The summed E-state index contributed by atoms with van der Waals surface area (Å²) >= 11 is 0. The summed E-state index contributed by atoms with van der Waals surface area (Å²) in [5.41, 5.74) is 20.2. The maximum Gasteiger partial charge on any atom is 0.0713 e. The van der Waals surface area contributed by atoms with E-state index in [2.05, 4.69) is 278 Å². The molecule has 1 heteroatoms. The fraction of sp³-hybridized carbons (Fsp3) is 0.0154. The minimum atomic E-state index is -0.452. The lowest BCUT2D eigenvalue weighted by atomic mass is 9.67. The summed E-state index contributed by atoms with van der Waals surface area (Å²) < 4.78 is 0. The molecule has 0 amide bonds. The maximum absolute atomic E-state index is 2.39. The van der Waals surface area contributed by atoms with Crippen LogP contribution in [0.2, 0.25) is 0 Å². The zero-order chi connectivity index (χ0) is 43.9. The highest BCUT2D eigenvalue weighted by Crippen LogP contribution is 2.58. The molecule has 0 saturated carbocycles. The Morgan fingerprint density at radius 1 is 0.258 bits per heavy atom. The molecule has 12 rings (SSSR count). The number of benzene rings is 11. The van der Waals surface area contributed by atoms with E-state index in [0.29, 0.717) is 0 Å². The third-order valence-corrected chi connectivity index (χ3v) is 13.6. The smallest absolute Gasteiger partial charge is 0.0713 e. The molecule has 0 saturated heterocycles. The van der Waals surface area contributed by atoms with Gasteiger partial charge in [0.25, 0.3) is 0 Å². The van der Waals surface area contributed by atoms with Crippen LogP contribution in [0.15, 0.2) is 273 Å². The van der Waals surface area contributed by atoms with Crippen molar-refractivity contribution in [1.82, 2.24) is 0 Å². The number of fused-ring (bicyclic) bond motifs is 4. The molecule has 11 aromatic carbocycles. The Hall–Kier alpha value is -8.52. The highest BCUT2D eigenvalue weighted by atomic mass is 15.1. The van der Waals surface area contributed by atoms with Crippen LogP contribution in [0.5, 0.6) is 0 Å². The number of anilines is 3. The molecule has 0 fully saturated rings. The van der Waals surface area contributed by atoms with Gasteiger partial charge in [0.05, 0.1) is 5.41 Å². The van der Waals surface area contributed by atoms with Crippen LogP contribution in [0.4, 0.5) is 17.1 Å². The summed E-state index contributed by atoms with van der Waals surface area (Å²) in [4.78, 5) is 2.39. The van der Waals surface area contributed by atoms with Gasteiger partial charge in [-0.2, -0.15) is 0 Å². The molecule has 0 aliphatic heterocycles. The lowest BCUT2D eigenvalue weighted by Gasteiger charge is -2.34. The van der Waals surface area contributed by atoms with Gasteiger partial charge in [0.2, 0.25) is 0 Å².